The van der Waals surface area contributed by atoms with Crippen molar-refractivity contribution in [2.75, 3.05) is 12.5 Å². The topological polar surface area (TPSA) is 108 Å². The molecule has 0 saturated carbocycles. The molecule has 0 unspecified atom stereocenters. The van der Waals surface area contributed by atoms with Crippen LogP contribution in [-0.4, -0.2) is 63.1 Å². The van der Waals surface area contributed by atoms with Crippen molar-refractivity contribution in [1.29, 1.82) is 0 Å². The van der Waals surface area contributed by atoms with Crippen molar-refractivity contribution in [3.05, 3.63) is 101 Å². The minimum Gasteiger partial charge on any atom is -0.483 e. The third-order valence-corrected chi connectivity index (χ3v) is 9.15. The van der Waals surface area contributed by atoms with E-state index in [9.17, 15) is 19.5 Å². The van der Waals surface area contributed by atoms with Gasteiger partial charge in [-0.2, -0.15) is 0 Å². The number of nitrogens with zero attached hydrogens (tertiary/aromatic N) is 1. The number of aryl methyl sites for hydroxylation is 2. The van der Waals surface area contributed by atoms with Crippen molar-refractivity contribution in [1.82, 2.24) is 15.5 Å². The second-order valence-corrected chi connectivity index (χ2v) is 13.1. The first-order chi connectivity index (χ1) is 20.5. The molecule has 0 aromatic heterocycles. The average Bonchev–Trinajstić information content (AvgIpc) is 3.31. The van der Waals surface area contributed by atoms with E-state index in [-0.39, 0.29) is 30.9 Å². The molecular weight excluding hydrogens is 562 g/mol. The Hall–Kier alpha value is -3.82. The molecule has 9 heteroatoms. The summed E-state index contributed by atoms with van der Waals surface area (Å²) in [7, 11) is 0. The highest BCUT2D eigenvalue weighted by Gasteiger charge is 2.50. The van der Waals surface area contributed by atoms with Gasteiger partial charge in [0.1, 0.15) is 11.8 Å². The summed E-state index contributed by atoms with van der Waals surface area (Å²) in [4.78, 5) is 42.0. The maximum absolute atomic E-state index is 13.9. The van der Waals surface area contributed by atoms with Gasteiger partial charge in [0, 0.05) is 4.75 Å². The van der Waals surface area contributed by atoms with Crippen LogP contribution >= 0.6 is 11.8 Å². The van der Waals surface area contributed by atoms with E-state index in [0.717, 1.165) is 22.3 Å². The van der Waals surface area contributed by atoms with Gasteiger partial charge in [-0.1, -0.05) is 78.9 Å². The molecule has 1 fully saturated rings. The minimum absolute atomic E-state index is 0.217. The standard InChI is InChI=1S/C34H41N3O5S/c1-22-13-12-14-23(2)30(22)42-20-28(38)36-27(19-25-15-8-6-9-16-25)29(39)33(41)37-21-43-34(4,5)31(37)32(40)35-24(3)26-17-10-7-11-18-26/h6-18,24,27,29,31,39H,19-21H2,1-5H3,(H,35,40)(H,36,38)/t24-,27-,29-,31-/m0/s1. The minimum atomic E-state index is -1.58. The van der Waals surface area contributed by atoms with E-state index < -0.39 is 34.7 Å². The summed E-state index contributed by atoms with van der Waals surface area (Å²) in [5, 5.41) is 17.3. The summed E-state index contributed by atoms with van der Waals surface area (Å²) >= 11 is 1.48. The number of nitrogens with one attached hydrogen (secondary N) is 2. The number of ether oxygens (including phenoxy) is 1. The number of amides is 3. The second kappa shape index (κ2) is 14.1. The molecule has 1 heterocycles. The molecule has 0 aliphatic carbocycles. The van der Waals surface area contributed by atoms with Crippen molar-refractivity contribution < 1.29 is 24.2 Å². The molecular formula is C34H41N3O5S. The van der Waals surface area contributed by atoms with Crippen LogP contribution in [0.5, 0.6) is 5.75 Å². The number of thioether (sulfide) groups is 1. The molecule has 3 aromatic rings. The van der Waals surface area contributed by atoms with E-state index in [4.69, 9.17) is 4.74 Å². The first-order valence-electron chi connectivity index (χ1n) is 14.5. The Balaban J connectivity index is 1.50. The fourth-order valence-electron chi connectivity index (χ4n) is 5.39. The molecule has 0 radical (unpaired) electrons. The highest BCUT2D eigenvalue weighted by molar-refractivity contribution is 8.00. The Morgan fingerprint density at radius 2 is 1.56 bits per heavy atom. The van der Waals surface area contributed by atoms with Crippen molar-refractivity contribution in [2.45, 2.75) is 70.0 Å². The van der Waals surface area contributed by atoms with Crippen molar-refractivity contribution >= 4 is 29.5 Å². The number of para-hydroxylation sites is 1. The van der Waals surface area contributed by atoms with Crippen LogP contribution in [0.25, 0.3) is 0 Å². The van der Waals surface area contributed by atoms with Crippen LogP contribution in [0.1, 0.15) is 49.1 Å². The number of hydrogen-bond donors (Lipinski definition) is 3. The molecule has 1 aliphatic rings. The third kappa shape index (κ3) is 7.97. The SMILES string of the molecule is Cc1cccc(C)c1OCC(=O)N[C@@H](Cc1ccccc1)[C@H](O)C(=O)N1CSC(C)(C)[C@@H]1C(=O)N[C@@H](C)c1ccccc1. The van der Waals surface area contributed by atoms with Crippen LogP contribution in [0.4, 0.5) is 0 Å². The van der Waals surface area contributed by atoms with Gasteiger partial charge in [0.15, 0.2) is 12.7 Å². The number of aliphatic hydroxyl groups is 1. The predicted octanol–water partition coefficient (Wildman–Crippen LogP) is 4.33. The van der Waals surface area contributed by atoms with Gasteiger partial charge < -0.3 is 25.4 Å². The lowest BCUT2D eigenvalue weighted by Crippen LogP contribution is -2.59. The largest absolute Gasteiger partial charge is 0.483 e. The Bertz CT molecular complexity index is 1400. The smallest absolute Gasteiger partial charge is 0.258 e. The van der Waals surface area contributed by atoms with E-state index in [2.05, 4.69) is 10.6 Å². The van der Waals surface area contributed by atoms with E-state index in [0.29, 0.717) is 5.75 Å². The Kier molecular flexibility index (Phi) is 10.5. The maximum Gasteiger partial charge on any atom is 0.258 e. The zero-order valence-corrected chi connectivity index (χ0v) is 26.2. The van der Waals surface area contributed by atoms with Crippen LogP contribution in [0.2, 0.25) is 0 Å². The van der Waals surface area contributed by atoms with Crippen molar-refractivity contribution in [2.24, 2.45) is 0 Å². The predicted molar refractivity (Wildman–Crippen MR) is 170 cm³/mol. The quantitative estimate of drug-likeness (QED) is 0.301. The summed E-state index contributed by atoms with van der Waals surface area (Å²) in [5.41, 5.74) is 3.61. The molecule has 0 bridgehead atoms. The van der Waals surface area contributed by atoms with Gasteiger partial charge in [-0.3, -0.25) is 14.4 Å². The first-order valence-corrected chi connectivity index (χ1v) is 15.5. The molecule has 4 rings (SSSR count). The second-order valence-electron chi connectivity index (χ2n) is 11.5. The molecule has 3 N–H and O–H groups in total. The van der Waals surface area contributed by atoms with Gasteiger partial charge in [0.25, 0.3) is 11.8 Å². The molecule has 8 nitrogen and oxygen atoms in total. The molecule has 4 atom stereocenters. The zero-order chi connectivity index (χ0) is 31.1. The molecule has 1 saturated heterocycles. The van der Waals surface area contributed by atoms with Gasteiger partial charge in [-0.05, 0) is 63.3 Å². The van der Waals surface area contributed by atoms with Crippen LogP contribution in [0, 0.1) is 13.8 Å². The molecule has 3 amide bonds. The monoisotopic (exact) mass is 603 g/mol. The van der Waals surface area contributed by atoms with Crippen LogP contribution in [0.15, 0.2) is 78.9 Å². The number of rotatable bonds is 11. The van der Waals surface area contributed by atoms with E-state index in [1.54, 1.807) is 0 Å². The van der Waals surface area contributed by atoms with E-state index in [1.165, 1.54) is 16.7 Å². The van der Waals surface area contributed by atoms with Crippen LogP contribution < -0.4 is 15.4 Å². The molecule has 0 spiro atoms. The van der Waals surface area contributed by atoms with Crippen LogP contribution in [0.3, 0.4) is 0 Å². The summed E-state index contributed by atoms with van der Waals surface area (Å²) < 4.78 is 5.23. The lowest BCUT2D eigenvalue weighted by molar-refractivity contribution is -0.148. The van der Waals surface area contributed by atoms with Crippen LogP contribution in [-0.2, 0) is 20.8 Å². The normalized spacial score (nSPS) is 17.9. The Morgan fingerprint density at radius 3 is 2.19 bits per heavy atom. The molecule has 3 aromatic carbocycles. The number of hydrogen-bond acceptors (Lipinski definition) is 6. The zero-order valence-electron chi connectivity index (χ0n) is 25.4. The fraction of sp³-hybridized carbons (Fsp3) is 0.382. The summed E-state index contributed by atoms with van der Waals surface area (Å²) in [6.07, 6.45) is -1.37. The lowest BCUT2D eigenvalue weighted by Gasteiger charge is -2.34. The van der Waals surface area contributed by atoms with Crippen molar-refractivity contribution in [3.8, 4) is 5.75 Å². The van der Waals surface area contributed by atoms with Gasteiger partial charge in [-0.15, -0.1) is 11.8 Å². The highest BCUT2D eigenvalue weighted by atomic mass is 32.2. The van der Waals surface area contributed by atoms with Gasteiger partial charge in [0.05, 0.1) is 18.0 Å². The summed E-state index contributed by atoms with van der Waals surface area (Å²) in [6, 6.07) is 22.7. The fourth-order valence-corrected chi connectivity index (χ4v) is 6.54. The Labute approximate surface area is 258 Å². The van der Waals surface area contributed by atoms with E-state index in [1.807, 2.05) is 113 Å². The Morgan fingerprint density at radius 1 is 0.953 bits per heavy atom. The number of carbonyl (C=O) groups excluding carboxylic acids is 3. The first kappa shape index (κ1) is 32.1. The third-order valence-electron chi connectivity index (χ3n) is 7.77. The van der Waals surface area contributed by atoms with E-state index >= 15 is 0 Å². The molecule has 1 aliphatic heterocycles. The summed E-state index contributed by atoms with van der Waals surface area (Å²) in [6.45, 7) is 9.28. The average molecular weight is 604 g/mol. The van der Waals surface area contributed by atoms with Gasteiger partial charge >= 0.3 is 0 Å². The van der Waals surface area contributed by atoms with Crippen molar-refractivity contribution in [3.63, 3.8) is 0 Å². The van der Waals surface area contributed by atoms with Gasteiger partial charge in [-0.25, -0.2) is 0 Å². The van der Waals surface area contributed by atoms with Gasteiger partial charge in [0.2, 0.25) is 5.91 Å². The molecule has 228 valence electrons. The number of aliphatic hydroxyl groups excluding tert-OH is 1. The number of benzene rings is 3. The molecule has 43 heavy (non-hydrogen) atoms. The lowest BCUT2D eigenvalue weighted by atomic mass is 9.96. The summed E-state index contributed by atoms with van der Waals surface area (Å²) in [5.74, 6) is -0.496. The maximum atomic E-state index is 13.9. The highest BCUT2D eigenvalue weighted by Crippen LogP contribution is 2.40. The number of carbonyl (C=O) groups is 3.